The normalized spacial score (nSPS) is 15.2. The van der Waals surface area contributed by atoms with E-state index in [1.807, 2.05) is 29.2 Å². The van der Waals surface area contributed by atoms with Gasteiger partial charge in [0.15, 0.2) is 0 Å². The summed E-state index contributed by atoms with van der Waals surface area (Å²) in [5.74, 6) is 0.244. The van der Waals surface area contributed by atoms with Gasteiger partial charge in [-0.15, -0.1) is 12.4 Å². The molecule has 0 aromatic heterocycles. The van der Waals surface area contributed by atoms with Crippen molar-refractivity contribution < 1.29 is 4.79 Å². The van der Waals surface area contributed by atoms with Crippen molar-refractivity contribution in [1.29, 1.82) is 0 Å². The molecule has 82 valence electrons. The first-order valence-electron chi connectivity index (χ1n) is 4.88. The van der Waals surface area contributed by atoms with Crippen molar-refractivity contribution in [3.8, 4) is 0 Å². The number of carbonyl (C=O) groups excluding carboxylic acids is 1. The van der Waals surface area contributed by atoms with E-state index >= 15 is 0 Å². The number of hydrogen-bond acceptors (Lipinski definition) is 2. The molecule has 15 heavy (non-hydrogen) atoms. The van der Waals surface area contributed by atoms with E-state index in [1.54, 1.807) is 0 Å². The van der Waals surface area contributed by atoms with Crippen LogP contribution in [0.25, 0.3) is 0 Å². The van der Waals surface area contributed by atoms with Gasteiger partial charge in [-0.05, 0) is 18.1 Å². The largest absolute Gasteiger partial charge is 0.398 e. The highest BCUT2D eigenvalue weighted by atomic mass is 35.5. The van der Waals surface area contributed by atoms with E-state index in [4.69, 9.17) is 5.73 Å². The maximum atomic E-state index is 11.4. The van der Waals surface area contributed by atoms with Gasteiger partial charge in [0.05, 0.1) is 0 Å². The van der Waals surface area contributed by atoms with Crippen molar-refractivity contribution in [2.75, 3.05) is 12.3 Å². The topological polar surface area (TPSA) is 46.3 Å². The summed E-state index contributed by atoms with van der Waals surface area (Å²) < 4.78 is 0. The summed E-state index contributed by atoms with van der Waals surface area (Å²) in [5, 5.41) is 0. The molecule has 0 spiro atoms. The summed E-state index contributed by atoms with van der Waals surface area (Å²) in [5.41, 5.74) is 7.62. The number of likely N-dealkylation sites (tertiary alicyclic amines) is 1. The number of hydrogen-bond donors (Lipinski definition) is 1. The van der Waals surface area contributed by atoms with Gasteiger partial charge in [-0.1, -0.05) is 18.2 Å². The molecule has 3 nitrogen and oxygen atoms in total. The Kier molecular flexibility index (Phi) is 3.97. The summed E-state index contributed by atoms with van der Waals surface area (Å²) in [6.45, 7) is 1.53. The Morgan fingerprint density at radius 2 is 2.07 bits per heavy atom. The summed E-state index contributed by atoms with van der Waals surface area (Å²) in [7, 11) is 0. The fourth-order valence-electron chi connectivity index (χ4n) is 1.76. The lowest BCUT2D eigenvalue weighted by Gasteiger charge is -2.16. The first-order valence-corrected chi connectivity index (χ1v) is 4.88. The van der Waals surface area contributed by atoms with Crippen LogP contribution in [0.1, 0.15) is 18.4 Å². The highest BCUT2D eigenvalue weighted by Gasteiger charge is 2.20. The fourth-order valence-corrected chi connectivity index (χ4v) is 1.76. The number of amides is 1. The number of halogens is 1. The van der Waals surface area contributed by atoms with E-state index in [9.17, 15) is 4.79 Å². The van der Waals surface area contributed by atoms with Gasteiger partial charge in [-0.2, -0.15) is 0 Å². The Bertz CT molecular complexity index is 354. The van der Waals surface area contributed by atoms with Crippen molar-refractivity contribution in [3.63, 3.8) is 0 Å². The second kappa shape index (κ2) is 5.03. The number of nitrogens with two attached hydrogens (primary N) is 1. The average Bonchev–Trinajstić information content (AvgIpc) is 2.56. The summed E-state index contributed by atoms with van der Waals surface area (Å²) in [6.07, 6.45) is 1.66. The molecule has 1 aliphatic heterocycles. The first kappa shape index (κ1) is 11.9. The van der Waals surface area contributed by atoms with Gasteiger partial charge in [-0.25, -0.2) is 0 Å². The van der Waals surface area contributed by atoms with Gasteiger partial charge < -0.3 is 10.6 Å². The van der Waals surface area contributed by atoms with E-state index in [2.05, 4.69) is 0 Å². The highest BCUT2D eigenvalue weighted by Crippen LogP contribution is 2.17. The predicted octanol–water partition coefficient (Wildman–Crippen LogP) is 1.81. The number of anilines is 1. The van der Waals surface area contributed by atoms with Crippen LogP contribution in [0.2, 0.25) is 0 Å². The second-order valence-corrected chi connectivity index (χ2v) is 3.62. The molecule has 1 aromatic carbocycles. The Morgan fingerprint density at radius 3 is 2.67 bits per heavy atom. The lowest BCUT2D eigenvalue weighted by molar-refractivity contribution is -0.128. The van der Waals surface area contributed by atoms with Crippen LogP contribution in [0.3, 0.4) is 0 Å². The molecule has 1 aromatic rings. The molecule has 1 saturated heterocycles. The van der Waals surface area contributed by atoms with Crippen LogP contribution in [0.5, 0.6) is 0 Å². The number of nitrogens with zero attached hydrogens (tertiary/aromatic N) is 1. The van der Waals surface area contributed by atoms with Crippen LogP contribution in [-0.4, -0.2) is 17.4 Å². The number of benzene rings is 1. The number of nitrogen functional groups attached to an aromatic ring is 1. The molecule has 0 aliphatic carbocycles. The average molecular weight is 227 g/mol. The smallest absolute Gasteiger partial charge is 0.222 e. The van der Waals surface area contributed by atoms with Crippen molar-refractivity contribution in [2.24, 2.45) is 0 Å². The molecule has 1 fully saturated rings. The molecule has 1 amide bonds. The Morgan fingerprint density at radius 1 is 1.33 bits per heavy atom. The Balaban J connectivity index is 0.00000112. The molecule has 0 bridgehead atoms. The van der Waals surface area contributed by atoms with E-state index < -0.39 is 0 Å². The van der Waals surface area contributed by atoms with Gasteiger partial charge >= 0.3 is 0 Å². The number of rotatable bonds is 2. The van der Waals surface area contributed by atoms with Crippen LogP contribution in [0, 0.1) is 0 Å². The van der Waals surface area contributed by atoms with Gasteiger partial charge in [0.25, 0.3) is 0 Å². The predicted molar refractivity (Wildman–Crippen MR) is 62.8 cm³/mol. The molecular formula is C11H15ClN2O. The van der Waals surface area contributed by atoms with Crippen molar-refractivity contribution >= 4 is 24.0 Å². The molecule has 2 rings (SSSR count). The maximum absolute atomic E-state index is 11.4. The standard InChI is InChI=1S/C11H14N2O.ClH/c12-10-5-2-1-4-9(10)8-13-7-3-6-11(13)14;/h1-2,4-5H,3,6-8,12H2;1H. The SMILES string of the molecule is Cl.Nc1ccccc1CN1CCCC1=O. The van der Waals surface area contributed by atoms with Gasteiger partial charge in [-0.3, -0.25) is 4.79 Å². The Labute approximate surface area is 95.7 Å². The molecule has 0 radical (unpaired) electrons. The zero-order valence-corrected chi connectivity index (χ0v) is 9.30. The highest BCUT2D eigenvalue weighted by molar-refractivity contribution is 5.85. The van der Waals surface area contributed by atoms with E-state index in [0.29, 0.717) is 13.0 Å². The zero-order chi connectivity index (χ0) is 9.97. The van der Waals surface area contributed by atoms with Crippen LogP contribution in [0.15, 0.2) is 24.3 Å². The molecule has 4 heteroatoms. The second-order valence-electron chi connectivity index (χ2n) is 3.62. The number of carbonyl (C=O) groups is 1. The number of para-hydroxylation sites is 1. The monoisotopic (exact) mass is 226 g/mol. The van der Waals surface area contributed by atoms with Crippen LogP contribution >= 0.6 is 12.4 Å². The molecule has 1 heterocycles. The van der Waals surface area contributed by atoms with Crippen molar-refractivity contribution in [3.05, 3.63) is 29.8 Å². The molecule has 0 saturated carbocycles. The van der Waals surface area contributed by atoms with Crippen LogP contribution in [0.4, 0.5) is 5.69 Å². The van der Waals surface area contributed by atoms with Crippen molar-refractivity contribution in [1.82, 2.24) is 4.90 Å². The van der Waals surface area contributed by atoms with E-state index in [1.165, 1.54) is 0 Å². The summed E-state index contributed by atoms with van der Waals surface area (Å²) in [4.78, 5) is 13.2. The first-order chi connectivity index (χ1) is 6.77. The summed E-state index contributed by atoms with van der Waals surface area (Å²) >= 11 is 0. The van der Waals surface area contributed by atoms with Crippen LogP contribution < -0.4 is 5.73 Å². The van der Waals surface area contributed by atoms with Gasteiger partial charge in [0.1, 0.15) is 0 Å². The minimum absolute atomic E-state index is 0. The molecular weight excluding hydrogens is 212 g/mol. The van der Waals surface area contributed by atoms with E-state index in [-0.39, 0.29) is 18.3 Å². The lowest BCUT2D eigenvalue weighted by Crippen LogP contribution is -2.24. The Hall–Kier alpha value is -1.22. The third-order valence-corrected chi connectivity index (χ3v) is 2.59. The lowest BCUT2D eigenvalue weighted by atomic mass is 10.2. The molecule has 2 N–H and O–H groups in total. The van der Waals surface area contributed by atoms with Crippen LogP contribution in [-0.2, 0) is 11.3 Å². The maximum Gasteiger partial charge on any atom is 0.222 e. The minimum atomic E-state index is 0. The minimum Gasteiger partial charge on any atom is -0.398 e. The molecule has 0 atom stereocenters. The fraction of sp³-hybridized carbons (Fsp3) is 0.364. The molecule has 1 aliphatic rings. The van der Waals surface area contributed by atoms with E-state index in [0.717, 1.165) is 24.2 Å². The quantitative estimate of drug-likeness (QED) is 0.782. The van der Waals surface area contributed by atoms with Crippen molar-refractivity contribution in [2.45, 2.75) is 19.4 Å². The summed E-state index contributed by atoms with van der Waals surface area (Å²) in [6, 6.07) is 7.70. The van der Waals surface area contributed by atoms with Gasteiger partial charge in [0.2, 0.25) is 5.91 Å². The molecule has 0 unspecified atom stereocenters. The zero-order valence-electron chi connectivity index (χ0n) is 8.48. The third-order valence-electron chi connectivity index (χ3n) is 2.59. The third kappa shape index (κ3) is 2.63. The van der Waals surface area contributed by atoms with Gasteiger partial charge in [0, 0.05) is 25.2 Å².